The van der Waals surface area contributed by atoms with Crippen molar-refractivity contribution in [3.63, 3.8) is 0 Å². The van der Waals surface area contributed by atoms with E-state index < -0.39 is 11.9 Å². The van der Waals surface area contributed by atoms with Gasteiger partial charge in [-0.15, -0.1) is 0 Å². The van der Waals surface area contributed by atoms with E-state index in [0.29, 0.717) is 36.2 Å². The van der Waals surface area contributed by atoms with Crippen LogP contribution in [-0.2, 0) is 20.9 Å². The van der Waals surface area contributed by atoms with Gasteiger partial charge in [0.1, 0.15) is 6.29 Å². The number of aryl methyl sites for hydroxylation is 1. The molecular formula is C44H62N10O4. The van der Waals surface area contributed by atoms with Crippen molar-refractivity contribution >= 4 is 36.1 Å². The first kappa shape index (κ1) is 43.9. The Kier molecular flexibility index (Phi) is 16.7. The summed E-state index contributed by atoms with van der Waals surface area (Å²) < 4.78 is 0. The van der Waals surface area contributed by atoms with Crippen molar-refractivity contribution in [2.75, 3.05) is 64.1 Å². The number of carbonyl (C=O) groups is 4. The Morgan fingerprint density at radius 3 is 2.40 bits per heavy atom. The second-order valence-corrected chi connectivity index (χ2v) is 15.3. The zero-order valence-corrected chi connectivity index (χ0v) is 34.9. The molecule has 0 bridgehead atoms. The molecule has 0 aliphatic carbocycles. The molecule has 0 radical (unpaired) electrons. The van der Waals surface area contributed by atoms with Gasteiger partial charge < -0.3 is 35.6 Å². The molecule has 14 nitrogen and oxygen atoms in total. The standard InChI is InChI=1S/C44H62N10O4/c1-6-37(49-44-48-21-17-41(50-44)35-9-10-36(27-45-3)32(2)26-35)29-54(47-5)39-19-23-51(24-20-39)28-33-8-7-22-52(25-18-33)38-13-11-34(12-14-38)43(58)53(31-56)40(30-55)15-16-42(57)46-4/h9-14,17,21,26,29-31,33,39-40,45,47H,6-8,15-16,18-20,22-25,27-28H2,1-5H3,(H,46,57)(H,48,49,50)/b37-29+. The maximum Gasteiger partial charge on any atom is 0.260 e. The van der Waals surface area contributed by atoms with E-state index in [1.165, 1.54) is 24.6 Å². The topological polar surface area (TPSA) is 155 Å². The number of amides is 3. The van der Waals surface area contributed by atoms with Gasteiger partial charge in [-0.25, -0.2) is 15.4 Å². The molecule has 3 heterocycles. The van der Waals surface area contributed by atoms with Crippen molar-refractivity contribution in [3.8, 4) is 11.3 Å². The van der Waals surface area contributed by atoms with Gasteiger partial charge in [0, 0.05) is 101 Å². The molecule has 2 fully saturated rings. The summed E-state index contributed by atoms with van der Waals surface area (Å²) in [6.45, 7) is 10.2. The van der Waals surface area contributed by atoms with E-state index in [1.54, 1.807) is 12.1 Å². The van der Waals surface area contributed by atoms with Crippen LogP contribution in [-0.4, -0.2) is 115 Å². The minimum absolute atomic E-state index is 0.0384. The van der Waals surface area contributed by atoms with E-state index in [4.69, 9.17) is 4.98 Å². The number of benzene rings is 2. The summed E-state index contributed by atoms with van der Waals surface area (Å²) in [7, 11) is 5.44. The van der Waals surface area contributed by atoms with Crippen molar-refractivity contribution in [3.05, 3.63) is 83.3 Å². The molecule has 58 heavy (non-hydrogen) atoms. The zero-order valence-electron chi connectivity index (χ0n) is 34.9. The molecule has 0 spiro atoms. The molecule has 312 valence electrons. The van der Waals surface area contributed by atoms with E-state index in [2.05, 4.69) is 79.4 Å². The normalized spacial score (nSPS) is 17.2. The van der Waals surface area contributed by atoms with Gasteiger partial charge in [-0.3, -0.25) is 19.3 Å². The predicted molar refractivity (Wildman–Crippen MR) is 229 cm³/mol. The summed E-state index contributed by atoms with van der Waals surface area (Å²) in [6, 6.07) is 15.0. The predicted octanol–water partition coefficient (Wildman–Crippen LogP) is 4.73. The number of allylic oxidation sites excluding steroid dienone is 1. The zero-order chi connectivity index (χ0) is 41.4. The van der Waals surface area contributed by atoms with Crippen LogP contribution in [0.4, 0.5) is 11.6 Å². The van der Waals surface area contributed by atoms with E-state index in [-0.39, 0.29) is 18.7 Å². The second-order valence-electron chi connectivity index (χ2n) is 15.3. The largest absolute Gasteiger partial charge is 0.372 e. The number of hydrogen-bond donors (Lipinski definition) is 4. The highest BCUT2D eigenvalue weighted by atomic mass is 16.2. The fourth-order valence-electron chi connectivity index (χ4n) is 7.97. The number of imide groups is 1. The summed E-state index contributed by atoms with van der Waals surface area (Å²) >= 11 is 0. The smallest absolute Gasteiger partial charge is 0.260 e. The number of nitrogens with one attached hydrogen (secondary N) is 4. The van der Waals surface area contributed by atoms with E-state index in [9.17, 15) is 19.2 Å². The number of piperidine rings is 1. The fraction of sp³-hybridized carbons (Fsp3) is 0.500. The number of nitrogens with zero attached hydrogens (tertiary/aromatic N) is 6. The SMILES string of the molecule is CC/C(=C\N(NC)C1CCN(CC2CCCN(c3ccc(C(=O)N(C=O)C(C=O)CCC(=O)NC)cc3)CC2)CC1)Nc1nccc(-c2ccc(CNC)c(C)c2)n1. The highest BCUT2D eigenvalue weighted by Crippen LogP contribution is 2.27. The van der Waals surface area contributed by atoms with Crippen LogP contribution in [0, 0.1) is 12.8 Å². The molecule has 0 saturated carbocycles. The molecule has 2 aromatic carbocycles. The van der Waals surface area contributed by atoms with Gasteiger partial charge >= 0.3 is 0 Å². The van der Waals surface area contributed by atoms with Crippen LogP contribution >= 0.6 is 0 Å². The Morgan fingerprint density at radius 2 is 1.74 bits per heavy atom. The van der Waals surface area contributed by atoms with E-state index >= 15 is 0 Å². The van der Waals surface area contributed by atoms with Crippen LogP contribution in [0.15, 0.2) is 66.6 Å². The molecule has 2 saturated heterocycles. The lowest BCUT2D eigenvalue weighted by Gasteiger charge is -2.39. The Bertz CT molecular complexity index is 1850. The van der Waals surface area contributed by atoms with Gasteiger partial charge in [0.05, 0.1) is 11.7 Å². The summed E-state index contributed by atoms with van der Waals surface area (Å²) in [4.78, 5) is 63.6. The number of carbonyl (C=O) groups excluding carboxylic acids is 4. The van der Waals surface area contributed by atoms with Crippen LogP contribution in [0.3, 0.4) is 0 Å². The van der Waals surface area contributed by atoms with Crippen molar-refractivity contribution < 1.29 is 19.2 Å². The average molecular weight is 795 g/mol. The first-order valence-corrected chi connectivity index (χ1v) is 20.7. The van der Waals surface area contributed by atoms with E-state index in [1.807, 2.05) is 38.5 Å². The lowest BCUT2D eigenvalue weighted by Crippen LogP contribution is -2.48. The first-order valence-electron chi connectivity index (χ1n) is 20.7. The Labute approximate surface area is 343 Å². The molecule has 2 aliphatic rings. The lowest BCUT2D eigenvalue weighted by atomic mass is 9.97. The Morgan fingerprint density at radius 1 is 0.966 bits per heavy atom. The van der Waals surface area contributed by atoms with Gasteiger partial charge in [0.2, 0.25) is 18.3 Å². The first-order chi connectivity index (χ1) is 28.2. The molecule has 1 aromatic heterocycles. The van der Waals surface area contributed by atoms with Gasteiger partial charge in [-0.05, 0) is 112 Å². The monoisotopic (exact) mass is 794 g/mol. The highest BCUT2D eigenvalue weighted by Gasteiger charge is 2.27. The van der Waals surface area contributed by atoms with Crippen LogP contribution in [0.25, 0.3) is 11.3 Å². The van der Waals surface area contributed by atoms with Gasteiger partial charge in [0.25, 0.3) is 5.91 Å². The number of hydrogen-bond acceptors (Lipinski definition) is 12. The van der Waals surface area contributed by atoms with Gasteiger partial charge in [-0.2, -0.15) is 0 Å². The molecule has 3 amide bonds. The van der Waals surface area contributed by atoms with Crippen LogP contribution in [0.5, 0.6) is 0 Å². The number of aldehydes is 1. The minimum Gasteiger partial charge on any atom is -0.372 e. The molecule has 2 atom stereocenters. The Hall–Kier alpha value is -5.18. The van der Waals surface area contributed by atoms with Crippen LogP contribution < -0.4 is 26.3 Å². The number of anilines is 2. The number of rotatable bonds is 19. The minimum atomic E-state index is -1.00. The quantitative estimate of drug-likeness (QED) is 0.0980. The Balaban J connectivity index is 1.10. The third-order valence-corrected chi connectivity index (χ3v) is 11.5. The highest BCUT2D eigenvalue weighted by molar-refractivity contribution is 6.01. The molecular weight excluding hydrogens is 733 g/mol. The maximum atomic E-state index is 13.1. The molecule has 2 unspecified atom stereocenters. The maximum absolute atomic E-state index is 13.1. The molecule has 2 aliphatic heterocycles. The lowest BCUT2D eigenvalue weighted by molar-refractivity contribution is -0.125. The third kappa shape index (κ3) is 11.9. The van der Waals surface area contributed by atoms with Crippen molar-refractivity contribution in [2.24, 2.45) is 5.92 Å². The summed E-state index contributed by atoms with van der Waals surface area (Å²) in [5.74, 6) is 0.385. The van der Waals surface area contributed by atoms with Gasteiger partial charge in [0.15, 0.2) is 0 Å². The van der Waals surface area contributed by atoms with Gasteiger partial charge in [-0.1, -0.05) is 19.1 Å². The van der Waals surface area contributed by atoms with Crippen molar-refractivity contribution in [1.82, 2.24) is 40.8 Å². The third-order valence-electron chi connectivity index (χ3n) is 11.5. The van der Waals surface area contributed by atoms with Crippen molar-refractivity contribution in [2.45, 2.75) is 83.8 Å². The molecule has 3 aromatic rings. The van der Waals surface area contributed by atoms with Crippen LogP contribution in [0.2, 0.25) is 0 Å². The number of aromatic nitrogens is 2. The van der Waals surface area contributed by atoms with E-state index in [0.717, 1.165) is 98.9 Å². The summed E-state index contributed by atoms with van der Waals surface area (Å²) in [5.41, 5.74) is 10.3. The molecule has 14 heteroatoms. The average Bonchev–Trinajstić information content (AvgIpc) is 3.50. The number of likely N-dealkylation sites (tertiary alicyclic amines) is 1. The fourth-order valence-corrected chi connectivity index (χ4v) is 7.97. The van der Waals surface area contributed by atoms with Crippen molar-refractivity contribution in [1.29, 1.82) is 0 Å². The molecule has 5 rings (SSSR count). The summed E-state index contributed by atoms with van der Waals surface area (Å²) in [6.07, 6.45) is 11.3. The van der Waals surface area contributed by atoms with Crippen LogP contribution in [0.1, 0.15) is 79.8 Å². The molecule has 4 N–H and O–H groups in total. The second kappa shape index (κ2) is 22.1. The summed E-state index contributed by atoms with van der Waals surface area (Å²) in [5, 5.41) is 11.4. The number of hydrazine groups is 1.